The molecule has 0 aromatic heterocycles. The predicted molar refractivity (Wildman–Crippen MR) is 131 cm³/mol. The Morgan fingerprint density at radius 2 is 1.55 bits per heavy atom. The molecule has 2 aromatic carbocycles. The quantitative estimate of drug-likeness (QED) is 0.232. The van der Waals surface area contributed by atoms with Crippen LogP contribution in [0.4, 0.5) is 39.5 Å². The van der Waals surface area contributed by atoms with Gasteiger partial charge in [0.2, 0.25) is 0 Å². The zero-order chi connectivity index (χ0) is 29.1. The third-order valence-corrected chi connectivity index (χ3v) is 7.27. The van der Waals surface area contributed by atoms with E-state index in [0.717, 1.165) is 30.3 Å². The Morgan fingerprint density at radius 3 is 2.05 bits per heavy atom. The molecule has 38 heavy (non-hydrogen) atoms. The first-order valence-electron chi connectivity index (χ1n) is 10.4. The van der Waals surface area contributed by atoms with Crippen LogP contribution >= 0.6 is 46.6 Å². The number of alkyl halides is 9. The summed E-state index contributed by atoms with van der Waals surface area (Å²) in [6, 6.07) is 3.22. The highest BCUT2D eigenvalue weighted by Crippen LogP contribution is 2.41. The molecule has 2 aromatic rings. The molecule has 1 unspecified atom stereocenters. The summed E-state index contributed by atoms with van der Waals surface area (Å²) < 4.78 is 119. The van der Waals surface area contributed by atoms with E-state index in [2.05, 4.69) is 5.32 Å². The fourth-order valence-corrected chi connectivity index (χ4v) is 4.56. The van der Waals surface area contributed by atoms with E-state index in [-0.39, 0.29) is 26.4 Å². The molecule has 0 spiro atoms. The van der Waals surface area contributed by atoms with Gasteiger partial charge in [-0.25, -0.2) is 0 Å². The summed E-state index contributed by atoms with van der Waals surface area (Å²) in [5, 5.41) is 1.52. The van der Waals surface area contributed by atoms with Crippen molar-refractivity contribution in [1.82, 2.24) is 5.32 Å². The van der Waals surface area contributed by atoms with Gasteiger partial charge in [0.25, 0.3) is 5.91 Å². The lowest BCUT2D eigenvalue weighted by Crippen LogP contribution is -2.35. The van der Waals surface area contributed by atoms with E-state index in [0.29, 0.717) is 23.9 Å². The van der Waals surface area contributed by atoms with E-state index in [1.807, 2.05) is 0 Å². The molecule has 0 radical (unpaired) electrons. The van der Waals surface area contributed by atoms with Crippen LogP contribution in [0.5, 0.6) is 0 Å². The van der Waals surface area contributed by atoms with Gasteiger partial charge in [-0.15, -0.1) is 0 Å². The van der Waals surface area contributed by atoms with Gasteiger partial charge in [-0.05, 0) is 42.3 Å². The lowest BCUT2D eigenvalue weighted by molar-refractivity contribution is -0.139. The van der Waals surface area contributed by atoms with Crippen LogP contribution in [-0.2, 0) is 6.18 Å². The first-order chi connectivity index (χ1) is 17.3. The zero-order valence-corrected chi connectivity index (χ0v) is 22.0. The van der Waals surface area contributed by atoms with E-state index in [4.69, 9.17) is 34.8 Å². The zero-order valence-electron chi connectivity index (χ0n) is 19.0. The molecule has 2 atom stereocenters. The van der Waals surface area contributed by atoms with Crippen molar-refractivity contribution in [3.05, 3.63) is 73.7 Å². The molecule has 0 aliphatic rings. The largest absolute Gasteiger partial charge is 0.417 e. The smallest absolute Gasteiger partial charge is 0.349 e. The molecule has 0 fully saturated rings. The van der Waals surface area contributed by atoms with Crippen molar-refractivity contribution in [2.45, 2.75) is 37.4 Å². The number of allylic oxidation sites excluding steroid dienone is 1. The topological polar surface area (TPSA) is 29.1 Å². The van der Waals surface area contributed by atoms with E-state index < -0.39 is 58.8 Å². The maximum absolute atomic E-state index is 13.7. The number of carbonyl (C=O) groups excluding carboxylic acids is 1. The number of rotatable bonds is 8. The normalized spacial score (nSPS) is 14.6. The van der Waals surface area contributed by atoms with Crippen LogP contribution < -0.4 is 5.32 Å². The van der Waals surface area contributed by atoms with Gasteiger partial charge in [-0.1, -0.05) is 53.0 Å². The van der Waals surface area contributed by atoms with E-state index >= 15 is 0 Å². The van der Waals surface area contributed by atoms with Crippen molar-refractivity contribution >= 4 is 58.5 Å². The summed E-state index contributed by atoms with van der Waals surface area (Å²) in [7, 11) is 0. The highest BCUT2D eigenvalue weighted by atomic mass is 35.5. The lowest BCUT2D eigenvalue weighted by atomic mass is 9.96. The molecule has 2 nitrogen and oxygen atoms in total. The van der Waals surface area contributed by atoms with Crippen molar-refractivity contribution in [2.24, 2.45) is 0 Å². The molecule has 210 valence electrons. The maximum atomic E-state index is 13.7. The molecule has 1 amide bonds. The summed E-state index contributed by atoms with van der Waals surface area (Å²) in [6.45, 7) is 1.32. The molecular weight excluding hydrogens is 616 g/mol. The van der Waals surface area contributed by atoms with Gasteiger partial charge in [0.05, 0.1) is 37.9 Å². The second kappa shape index (κ2) is 12.6. The van der Waals surface area contributed by atoms with Crippen LogP contribution in [0.1, 0.15) is 39.9 Å². The summed E-state index contributed by atoms with van der Waals surface area (Å²) in [6.07, 6.45) is -13.0. The average Bonchev–Trinajstić information content (AvgIpc) is 2.74. The molecule has 0 aliphatic heterocycles. The molecule has 0 aliphatic carbocycles. The monoisotopic (exact) mass is 631 g/mol. The molecule has 2 rings (SSSR count). The molecule has 1 N–H and O–H groups in total. The van der Waals surface area contributed by atoms with E-state index in [9.17, 15) is 44.3 Å². The van der Waals surface area contributed by atoms with Gasteiger partial charge in [0.15, 0.2) is 0 Å². The minimum Gasteiger partial charge on any atom is -0.349 e. The third-order valence-electron chi connectivity index (χ3n) is 4.80. The number of amides is 1. The van der Waals surface area contributed by atoms with Gasteiger partial charge in [-0.2, -0.15) is 51.3 Å². The number of thioether (sulfide) groups is 1. The van der Waals surface area contributed by atoms with Gasteiger partial charge in [0.1, 0.15) is 0 Å². The number of nitrogens with one attached hydrogen (secondary N) is 1. The van der Waals surface area contributed by atoms with Gasteiger partial charge >= 0.3 is 18.5 Å². The van der Waals surface area contributed by atoms with Crippen LogP contribution in [0.15, 0.2) is 36.4 Å². The molecule has 0 saturated heterocycles. The third kappa shape index (κ3) is 9.46. The number of carbonyl (C=O) groups is 1. The first-order valence-corrected chi connectivity index (χ1v) is 12.6. The number of halogens is 12. The number of hydrogen-bond donors (Lipinski definition) is 1. The minimum absolute atomic E-state index is 0.168. The fourth-order valence-electron chi connectivity index (χ4n) is 3.16. The van der Waals surface area contributed by atoms with Crippen LogP contribution in [0, 0.1) is 0 Å². The van der Waals surface area contributed by atoms with Gasteiger partial charge in [-0.3, -0.25) is 4.79 Å². The second-order valence-electron chi connectivity index (χ2n) is 7.98. The molecule has 0 heterocycles. The molecule has 15 heteroatoms. The predicted octanol–water partition coefficient (Wildman–Crippen LogP) is 9.44. The second-order valence-corrected chi connectivity index (χ2v) is 10.2. The van der Waals surface area contributed by atoms with Crippen molar-refractivity contribution in [3.8, 4) is 0 Å². The Labute approximate surface area is 230 Å². The summed E-state index contributed by atoms with van der Waals surface area (Å²) >= 11 is 17.8. The highest BCUT2D eigenvalue weighted by Gasteiger charge is 2.40. The van der Waals surface area contributed by atoms with Crippen molar-refractivity contribution < 1.29 is 44.3 Å². The SMILES string of the molecule is C[C@H](CSCC(F)(F)F)NC(=O)c1ccc(/C=C/C(c2cc(Cl)c(Cl)c(Cl)c2)C(F)(F)F)cc1C(F)(F)F. The molecule has 0 bridgehead atoms. The molecular formula is C23H17Cl3F9NOS. The van der Waals surface area contributed by atoms with E-state index in [1.165, 1.54) is 6.92 Å². The Balaban J connectivity index is 2.34. The van der Waals surface area contributed by atoms with Gasteiger partial charge in [0, 0.05) is 11.8 Å². The standard InChI is InChI=1S/C23H17Cl3F9NOS/c1-11(9-38-10-21(27,28)29)36-20(37)14-4-2-12(6-16(14)23(33,34)35)3-5-15(22(30,31)32)13-7-17(24)19(26)18(25)8-13/h2-8,11,15H,9-10H2,1H3,(H,36,37)/b5-3+/t11-,15?/m1/s1. The van der Waals surface area contributed by atoms with Crippen molar-refractivity contribution in [2.75, 3.05) is 11.5 Å². The first kappa shape index (κ1) is 32.5. The van der Waals surface area contributed by atoms with Gasteiger partial charge < -0.3 is 5.32 Å². The number of hydrogen-bond acceptors (Lipinski definition) is 2. The van der Waals surface area contributed by atoms with Crippen LogP contribution in [0.3, 0.4) is 0 Å². The summed E-state index contributed by atoms with van der Waals surface area (Å²) in [5.41, 5.74) is -2.99. The average molecular weight is 633 g/mol. The highest BCUT2D eigenvalue weighted by molar-refractivity contribution is 7.99. The Morgan fingerprint density at radius 1 is 0.974 bits per heavy atom. The minimum atomic E-state index is -5.06. The van der Waals surface area contributed by atoms with Crippen molar-refractivity contribution in [1.29, 1.82) is 0 Å². The Kier molecular flexibility index (Phi) is 10.8. The Hall–Kier alpha value is -1.76. The van der Waals surface area contributed by atoms with Crippen LogP contribution in [-0.4, -0.2) is 35.8 Å². The van der Waals surface area contributed by atoms with Crippen LogP contribution in [0.2, 0.25) is 15.1 Å². The number of benzene rings is 2. The summed E-state index contributed by atoms with van der Waals surface area (Å²) in [4.78, 5) is 12.4. The van der Waals surface area contributed by atoms with E-state index in [1.54, 1.807) is 0 Å². The Bertz CT molecular complexity index is 1160. The maximum Gasteiger partial charge on any atom is 0.417 e. The lowest BCUT2D eigenvalue weighted by Gasteiger charge is -2.19. The molecule has 0 saturated carbocycles. The van der Waals surface area contributed by atoms with Crippen molar-refractivity contribution in [3.63, 3.8) is 0 Å². The fraction of sp³-hybridized carbons (Fsp3) is 0.348. The van der Waals surface area contributed by atoms with Crippen LogP contribution in [0.25, 0.3) is 6.08 Å². The summed E-state index contributed by atoms with van der Waals surface area (Å²) in [5.74, 6) is -4.92.